The fourth-order valence-electron chi connectivity index (χ4n) is 1.63. The summed E-state index contributed by atoms with van der Waals surface area (Å²) in [7, 11) is -2.02. The fourth-order valence-corrected chi connectivity index (χ4v) is 3.21. The number of nitrogens with zero attached hydrogens (tertiary/aromatic N) is 2. The van der Waals surface area contributed by atoms with E-state index >= 15 is 0 Å². The molecule has 0 radical (unpaired) electrons. The first-order valence-electron chi connectivity index (χ1n) is 5.69. The second-order valence-electron chi connectivity index (χ2n) is 3.76. The highest BCUT2D eigenvalue weighted by molar-refractivity contribution is 7.86. The lowest BCUT2D eigenvalue weighted by Gasteiger charge is -2.31. The van der Waals surface area contributed by atoms with Gasteiger partial charge in [-0.2, -0.15) is 17.0 Å². The molecular formula is C9H20N4O3S. The highest BCUT2D eigenvalue weighted by Crippen LogP contribution is 2.08. The maximum Gasteiger partial charge on any atom is 0.282 e. The van der Waals surface area contributed by atoms with Crippen molar-refractivity contribution in [2.75, 3.05) is 46.3 Å². The minimum atomic E-state index is -3.51. The van der Waals surface area contributed by atoms with Crippen molar-refractivity contribution in [3.8, 4) is 0 Å². The van der Waals surface area contributed by atoms with Crippen LogP contribution in [0.2, 0.25) is 0 Å². The molecule has 1 aliphatic heterocycles. The van der Waals surface area contributed by atoms with Gasteiger partial charge in [-0.1, -0.05) is 6.92 Å². The van der Waals surface area contributed by atoms with Crippen LogP contribution in [0.5, 0.6) is 0 Å². The van der Waals surface area contributed by atoms with Crippen molar-refractivity contribution >= 4 is 16.1 Å². The first-order chi connectivity index (χ1) is 8.02. The number of hydrogen-bond acceptors (Lipinski definition) is 4. The zero-order valence-corrected chi connectivity index (χ0v) is 11.1. The van der Waals surface area contributed by atoms with Crippen molar-refractivity contribution in [1.82, 2.24) is 19.2 Å². The van der Waals surface area contributed by atoms with Crippen molar-refractivity contribution in [2.45, 2.75) is 6.92 Å². The molecule has 17 heavy (non-hydrogen) atoms. The summed E-state index contributed by atoms with van der Waals surface area (Å²) in [5.74, 6) is -0.300. The highest BCUT2D eigenvalue weighted by Gasteiger charge is 2.30. The molecule has 1 saturated heterocycles. The molecular weight excluding hydrogens is 244 g/mol. The minimum Gasteiger partial charge on any atom is -0.358 e. The SMILES string of the molecule is CCN(CC(=O)NC)S(=O)(=O)N1CCNCC1. The van der Waals surface area contributed by atoms with Gasteiger partial charge in [-0.15, -0.1) is 0 Å². The third kappa shape index (κ3) is 3.63. The molecule has 0 saturated carbocycles. The van der Waals surface area contributed by atoms with E-state index in [-0.39, 0.29) is 12.5 Å². The Balaban J connectivity index is 2.74. The monoisotopic (exact) mass is 264 g/mol. The average molecular weight is 264 g/mol. The smallest absolute Gasteiger partial charge is 0.282 e. The van der Waals surface area contributed by atoms with E-state index < -0.39 is 10.2 Å². The number of carbonyl (C=O) groups is 1. The van der Waals surface area contributed by atoms with Gasteiger partial charge >= 0.3 is 0 Å². The van der Waals surface area contributed by atoms with Crippen LogP contribution in [0, 0.1) is 0 Å². The van der Waals surface area contributed by atoms with Gasteiger partial charge in [0.2, 0.25) is 5.91 Å². The molecule has 8 heteroatoms. The van der Waals surface area contributed by atoms with Gasteiger partial charge in [-0.3, -0.25) is 4.79 Å². The van der Waals surface area contributed by atoms with Crippen molar-refractivity contribution in [3.63, 3.8) is 0 Å². The summed E-state index contributed by atoms with van der Waals surface area (Å²) >= 11 is 0. The molecule has 0 aromatic rings. The molecule has 7 nitrogen and oxygen atoms in total. The molecule has 0 atom stereocenters. The van der Waals surface area contributed by atoms with Gasteiger partial charge in [0.1, 0.15) is 0 Å². The molecule has 1 aliphatic rings. The molecule has 1 amide bonds. The van der Waals surface area contributed by atoms with E-state index in [0.717, 1.165) is 0 Å². The van der Waals surface area contributed by atoms with Crippen molar-refractivity contribution in [3.05, 3.63) is 0 Å². The number of likely N-dealkylation sites (N-methyl/N-ethyl adjacent to an activating group) is 2. The Kier molecular flexibility index (Phi) is 5.31. The molecule has 100 valence electrons. The molecule has 0 spiro atoms. The number of rotatable bonds is 5. The van der Waals surface area contributed by atoms with E-state index in [4.69, 9.17) is 0 Å². The second kappa shape index (κ2) is 6.29. The van der Waals surface area contributed by atoms with E-state index in [1.54, 1.807) is 6.92 Å². The third-order valence-electron chi connectivity index (χ3n) is 2.68. The van der Waals surface area contributed by atoms with Gasteiger partial charge < -0.3 is 10.6 Å². The zero-order valence-electron chi connectivity index (χ0n) is 10.3. The molecule has 0 aliphatic carbocycles. The van der Waals surface area contributed by atoms with Crippen molar-refractivity contribution in [2.24, 2.45) is 0 Å². The molecule has 0 bridgehead atoms. The predicted molar refractivity (Wildman–Crippen MR) is 64.7 cm³/mol. The van der Waals surface area contributed by atoms with Crippen LogP contribution in [0.3, 0.4) is 0 Å². The Hall–Kier alpha value is -0.700. The number of nitrogens with one attached hydrogen (secondary N) is 2. The highest BCUT2D eigenvalue weighted by atomic mass is 32.2. The summed E-state index contributed by atoms with van der Waals surface area (Å²) < 4.78 is 27.0. The predicted octanol–water partition coefficient (Wildman–Crippen LogP) is -1.80. The molecule has 1 rings (SSSR count). The molecule has 0 aromatic heterocycles. The number of hydrogen-bond donors (Lipinski definition) is 2. The van der Waals surface area contributed by atoms with Gasteiger partial charge in [0, 0.05) is 39.8 Å². The quantitative estimate of drug-likeness (QED) is 0.614. The first-order valence-corrected chi connectivity index (χ1v) is 7.08. The second-order valence-corrected chi connectivity index (χ2v) is 5.68. The van der Waals surface area contributed by atoms with Crippen LogP contribution in [0.15, 0.2) is 0 Å². The standard InChI is InChI=1S/C9H20N4O3S/c1-3-12(8-9(14)10-2)17(15,16)13-6-4-11-5-7-13/h11H,3-8H2,1-2H3,(H,10,14). The number of amides is 1. The van der Waals surface area contributed by atoms with Crippen LogP contribution >= 0.6 is 0 Å². The fraction of sp³-hybridized carbons (Fsp3) is 0.889. The molecule has 0 unspecified atom stereocenters. The zero-order chi connectivity index (χ0) is 12.9. The van der Waals surface area contributed by atoms with Crippen molar-refractivity contribution < 1.29 is 13.2 Å². The Morgan fingerprint density at radius 2 is 2.00 bits per heavy atom. The van der Waals surface area contributed by atoms with E-state index in [9.17, 15) is 13.2 Å². The summed E-state index contributed by atoms with van der Waals surface area (Å²) in [6.07, 6.45) is 0. The van der Waals surface area contributed by atoms with Gasteiger partial charge in [-0.25, -0.2) is 0 Å². The van der Waals surface area contributed by atoms with Crippen LogP contribution in [0.1, 0.15) is 6.92 Å². The minimum absolute atomic E-state index is 0.126. The van der Waals surface area contributed by atoms with Crippen LogP contribution < -0.4 is 10.6 Å². The van der Waals surface area contributed by atoms with Crippen LogP contribution in [-0.2, 0) is 15.0 Å². The molecule has 1 heterocycles. The van der Waals surface area contributed by atoms with Crippen molar-refractivity contribution in [1.29, 1.82) is 0 Å². The number of piperazine rings is 1. The van der Waals surface area contributed by atoms with E-state index in [2.05, 4.69) is 10.6 Å². The molecule has 0 aromatic carbocycles. The lowest BCUT2D eigenvalue weighted by molar-refractivity contribution is -0.120. The molecule has 1 fully saturated rings. The Labute approximate surface area is 102 Å². The van der Waals surface area contributed by atoms with Crippen LogP contribution in [0.4, 0.5) is 0 Å². The Bertz CT molecular complexity index is 351. The maximum absolute atomic E-state index is 12.2. The van der Waals surface area contributed by atoms with Crippen LogP contribution in [-0.4, -0.2) is 69.3 Å². The van der Waals surface area contributed by atoms with Gasteiger partial charge in [0.05, 0.1) is 6.54 Å². The van der Waals surface area contributed by atoms with E-state index in [1.807, 2.05) is 0 Å². The Morgan fingerprint density at radius 3 is 2.47 bits per heavy atom. The lowest BCUT2D eigenvalue weighted by atomic mass is 10.4. The first kappa shape index (κ1) is 14.4. The summed E-state index contributed by atoms with van der Waals surface area (Å²) in [6, 6.07) is 0. The molecule has 2 N–H and O–H groups in total. The summed E-state index contributed by atoms with van der Waals surface area (Å²) in [5.41, 5.74) is 0. The van der Waals surface area contributed by atoms with Gasteiger partial charge in [0.25, 0.3) is 10.2 Å². The van der Waals surface area contributed by atoms with Gasteiger partial charge in [-0.05, 0) is 0 Å². The summed E-state index contributed by atoms with van der Waals surface area (Å²) in [6.45, 7) is 4.09. The summed E-state index contributed by atoms with van der Waals surface area (Å²) in [5, 5.41) is 5.52. The summed E-state index contributed by atoms with van der Waals surface area (Å²) in [4.78, 5) is 11.3. The van der Waals surface area contributed by atoms with Gasteiger partial charge in [0.15, 0.2) is 0 Å². The van der Waals surface area contributed by atoms with E-state index in [1.165, 1.54) is 15.7 Å². The largest absolute Gasteiger partial charge is 0.358 e. The normalized spacial score (nSPS) is 18.3. The van der Waals surface area contributed by atoms with Crippen LogP contribution in [0.25, 0.3) is 0 Å². The lowest BCUT2D eigenvalue weighted by Crippen LogP contribution is -2.53. The Morgan fingerprint density at radius 1 is 1.41 bits per heavy atom. The van der Waals surface area contributed by atoms with E-state index in [0.29, 0.717) is 32.7 Å². The maximum atomic E-state index is 12.2. The third-order valence-corrected chi connectivity index (χ3v) is 4.74. The average Bonchev–Trinajstić information content (AvgIpc) is 2.36. The number of carbonyl (C=O) groups excluding carboxylic acids is 1. The topological polar surface area (TPSA) is 81.8 Å².